The molecule has 1 aromatic rings. The molecule has 5 rings (SSSR count). The summed E-state index contributed by atoms with van der Waals surface area (Å²) in [5.41, 5.74) is 2.18. The molecule has 0 radical (unpaired) electrons. The number of ether oxygens (including phenoxy) is 1. The summed E-state index contributed by atoms with van der Waals surface area (Å²) < 4.78 is 36.9. The van der Waals surface area contributed by atoms with E-state index in [-0.39, 0.29) is 53.8 Å². The standard InChI is InChI=1S/C38H58Cl2N2O7S/c1-25(4-11-34(44)41-18-21-50(46,47)48)30-9-10-31-36-32(13-15-38(30,31)3)37(2)14-12-29(23-27(37)24-33(36)43)49-35(45)22-26-5-7-28(8-6-26)42(19-16-39)20-17-40/h5-8,25,27,29-33,36,43H,4,9-24H2,1-3H3,(H,41,44)(H,46,47,48)/t25-,27?,29-,30-,31+,32+,33+,36+,37+,38-/m1/s1. The number of rotatable bonds is 15. The van der Waals surface area contributed by atoms with Gasteiger partial charge in [-0.15, -0.1) is 23.2 Å². The van der Waals surface area contributed by atoms with Crippen LogP contribution in [-0.4, -0.2) is 79.3 Å². The van der Waals surface area contributed by atoms with E-state index in [4.69, 9.17) is 32.5 Å². The van der Waals surface area contributed by atoms with Crippen LogP contribution >= 0.6 is 23.2 Å². The van der Waals surface area contributed by atoms with Gasteiger partial charge in [-0.05, 0) is 122 Å². The first-order chi connectivity index (χ1) is 23.7. The average Bonchev–Trinajstić information content (AvgIpc) is 3.41. The SMILES string of the molecule is C[C@H](CCC(=O)NCCS(=O)(=O)O)[C@H]1CC[C@H]2[C@@H]3[C@@H](O)CC4C[C@H](OC(=O)Cc5ccc(N(CCCl)CCCl)cc5)CC[C@]4(C)[C@H]3CC[C@]12C. The number of anilines is 1. The quantitative estimate of drug-likeness (QED) is 0.105. The van der Waals surface area contributed by atoms with Gasteiger partial charge in [0.2, 0.25) is 5.91 Å². The number of nitrogens with zero attached hydrogens (tertiary/aromatic N) is 1. The molecule has 1 aromatic carbocycles. The van der Waals surface area contributed by atoms with E-state index >= 15 is 0 Å². The van der Waals surface area contributed by atoms with Crippen molar-refractivity contribution in [1.82, 2.24) is 5.32 Å². The van der Waals surface area contributed by atoms with E-state index in [2.05, 4.69) is 31.0 Å². The zero-order valence-corrected chi connectivity index (χ0v) is 32.3. The van der Waals surface area contributed by atoms with Gasteiger partial charge in [-0.1, -0.05) is 32.9 Å². The van der Waals surface area contributed by atoms with Crippen LogP contribution in [0.5, 0.6) is 0 Å². The zero-order chi connectivity index (χ0) is 36.3. The Bertz CT molecular complexity index is 1420. The van der Waals surface area contributed by atoms with E-state index in [1.165, 1.54) is 0 Å². The summed E-state index contributed by atoms with van der Waals surface area (Å²) in [7, 11) is -4.10. The molecule has 4 aliphatic carbocycles. The monoisotopic (exact) mass is 756 g/mol. The van der Waals surface area contributed by atoms with E-state index in [0.717, 1.165) is 69.0 Å². The molecule has 4 aliphatic rings. The molecule has 0 spiro atoms. The van der Waals surface area contributed by atoms with Gasteiger partial charge < -0.3 is 20.1 Å². The van der Waals surface area contributed by atoms with E-state index in [1.807, 2.05) is 24.3 Å². The van der Waals surface area contributed by atoms with Gasteiger partial charge in [-0.3, -0.25) is 14.1 Å². The number of aliphatic hydroxyl groups is 1. The number of carbonyl (C=O) groups excluding carboxylic acids is 2. The van der Waals surface area contributed by atoms with Gasteiger partial charge in [-0.25, -0.2) is 0 Å². The molecule has 12 heteroatoms. The third-order valence-corrected chi connectivity index (χ3v) is 14.6. The van der Waals surface area contributed by atoms with Crippen molar-refractivity contribution >= 4 is 50.9 Å². The number of hydrogen-bond acceptors (Lipinski definition) is 7. The first-order valence-corrected chi connectivity index (χ1v) is 21.4. The fourth-order valence-electron chi connectivity index (χ4n) is 11.0. The number of carbonyl (C=O) groups is 2. The number of amides is 1. The minimum absolute atomic E-state index is 0.0845. The van der Waals surface area contributed by atoms with Crippen molar-refractivity contribution in [3.63, 3.8) is 0 Å². The van der Waals surface area contributed by atoms with Crippen LogP contribution in [0.25, 0.3) is 0 Å². The number of nitrogens with one attached hydrogen (secondary N) is 1. The Morgan fingerprint density at radius 2 is 1.66 bits per heavy atom. The van der Waals surface area contributed by atoms with Crippen LogP contribution in [0.4, 0.5) is 5.69 Å². The number of aliphatic hydroxyl groups excluding tert-OH is 1. The average molecular weight is 758 g/mol. The molecule has 0 aliphatic heterocycles. The highest BCUT2D eigenvalue weighted by Gasteiger charge is 2.63. The van der Waals surface area contributed by atoms with Crippen molar-refractivity contribution in [1.29, 1.82) is 0 Å². The lowest BCUT2D eigenvalue weighted by Crippen LogP contribution is -2.58. The summed E-state index contributed by atoms with van der Waals surface area (Å²) in [6, 6.07) is 7.96. The number of alkyl halides is 2. The Kier molecular flexibility index (Phi) is 13.2. The summed E-state index contributed by atoms with van der Waals surface area (Å²) in [5.74, 6) is 2.46. The molecular formula is C38H58Cl2N2O7S. The predicted molar refractivity (Wildman–Crippen MR) is 198 cm³/mol. The summed E-state index contributed by atoms with van der Waals surface area (Å²) in [6.45, 7) is 8.44. The molecule has 10 atom stereocenters. The minimum Gasteiger partial charge on any atom is -0.462 e. The van der Waals surface area contributed by atoms with Crippen LogP contribution in [-0.2, 0) is 30.9 Å². The summed E-state index contributed by atoms with van der Waals surface area (Å²) >= 11 is 11.9. The van der Waals surface area contributed by atoms with Crippen molar-refractivity contribution in [2.24, 2.45) is 46.3 Å². The van der Waals surface area contributed by atoms with Gasteiger partial charge in [0.05, 0.1) is 18.3 Å². The minimum atomic E-state index is -4.10. The highest BCUT2D eigenvalue weighted by atomic mass is 35.5. The molecule has 50 heavy (non-hydrogen) atoms. The van der Waals surface area contributed by atoms with Gasteiger partial charge in [0.1, 0.15) is 6.10 Å². The van der Waals surface area contributed by atoms with Crippen molar-refractivity contribution in [2.45, 2.75) is 104 Å². The number of esters is 1. The largest absolute Gasteiger partial charge is 0.462 e. The second-order valence-corrected chi connectivity index (χ2v) is 18.6. The van der Waals surface area contributed by atoms with Crippen molar-refractivity contribution in [3.05, 3.63) is 29.8 Å². The van der Waals surface area contributed by atoms with Crippen molar-refractivity contribution in [2.75, 3.05) is 42.0 Å². The van der Waals surface area contributed by atoms with Crippen LogP contribution in [0.1, 0.15) is 90.5 Å². The molecule has 1 unspecified atom stereocenters. The zero-order valence-electron chi connectivity index (χ0n) is 30.0. The number of hydrogen-bond donors (Lipinski definition) is 3. The summed E-state index contributed by atoms with van der Waals surface area (Å²) in [4.78, 5) is 27.6. The third-order valence-electron chi connectivity index (χ3n) is 13.6. The van der Waals surface area contributed by atoms with Gasteiger partial charge in [0.25, 0.3) is 10.1 Å². The maximum absolute atomic E-state index is 13.1. The van der Waals surface area contributed by atoms with Crippen LogP contribution in [0.2, 0.25) is 0 Å². The topological polar surface area (TPSA) is 133 Å². The molecule has 4 fully saturated rings. The van der Waals surface area contributed by atoms with Gasteiger partial charge >= 0.3 is 5.97 Å². The first kappa shape index (κ1) is 39.6. The predicted octanol–water partition coefficient (Wildman–Crippen LogP) is 6.47. The third kappa shape index (κ3) is 8.95. The highest BCUT2D eigenvalue weighted by molar-refractivity contribution is 7.85. The Morgan fingerprint density at radius 3 is 2.32 bits per heavy atom. The van der Waals surface area contributed by atoms with Crippen LogP contribution in [0, 0.1) is 46.3 Å². The van der Waals surface area contributed by atoms with Gasteiger partial charge in [0, 0.05) is 43.5 Å². The fourth-order valence-corrected chi connectivity index (χ4v) is 11.8. The van der Waals surface area contributed by atoms with Crippen LogP contribution in [0.3, 0.4) is 0 Å². The first-order valence-electron chi connectivity index (χ1n) is 18.7. The van der Waals surface area contributed by atoms with Gasteiger partial charge in [-0.2, -0.15) is 8.42 Å². The summed E-state index contributed by atoms with van der Waals surface area (Å²) in [6.07, 6.45) is 8.64. The lowest BCUT2D eigenvalue weighted by molar-refractivity contribution is -0.182. The molecule has 4 saturated carbocycles. The van der Waals surface area contributed by atoms with E-state index in [9.17, 15) is 23.1 Å². The highest BCUT2D eigenvalue weighted by Crippen LogP contribution is 2.68. The number of halogens is 2. The molecule has 0 heterocycles. The normalized spacial score (nSPS) is 34.2. The fraction of sp³-hybridized carbons (Fsp3) is 0.789. The maximum Gasteiger partial charge on any atom is 0.310 e. The van der Waals surface area contributed by atoms with Crippen LogP contribution < -0.4 is 10.2 Å². The lowest BCUT2D eigenvalue weighted by Gasteiger charge is -2.62. The Balaban J connectivity index is 1.14. The Labute approximate surface area is 309 Å². The van der Waals surface area contributed by atoms with Gasteiger partial charge in [0.15, 0.2) is 0 Å². The molecule has 282 valence electrons. The molecule has 0 bridgehead atoms. The molecular weight excluding hydrogens is 699 g/mol. The molecule has 0 aromatic heterocycles. The lowest BCUT2D eigenvalue weighted by atomic mass is 9.43. The smallest absolute Gasteiger partial charge is 0.310 e. The van der Waals surface area contributed by atoms with Crippen molar-refractivity contribution < 1.29 is 32.4 Å². The molecule has 3 N–H and O–H groups in total. The molecule has 9 nitrogen and oxygen atoms in total. The second-order valence-electron chi connectivity index (χ2n) is 16.3. The molecule has 1 amide bonds. The van der Waals surface area contributed by atoms with Crippen LogP contribution in [0.15, 0.2) is 24.3 Å². The van der Waals surface area contributed by atoms with E-state index in [1.54, 1.807) is 0 Å². The Hall–Kier alpha value is -1.59. The van der Waals surface area contributed by atoms with E-state index in [0.29, 0.717) is 60.9 Å². The summed E-state index contributed by atoms with van der Waals surface area (Å²) in [5, 5.41) is 14.4. The second kappa shape index (κ2) is 16.6. The Morgan fingerprint density at radius 1 is 1.00 bits per heavy atom. The van der Waals surface area contributed by atoms with E-state index < -0.39 is 15.9 Å². The molecule has 0 saturated heterocycles. The number of benzene rings is 1. The number of fused-ring (bicyclic) bond motifs is 5. The van der Waals surface area contributed by atoms with Crippen molar-refractivity contribution in [3.8, 4) is 0 Å². The maximum atomic E-state index is 13.1.